The zero-order valence-corrected chi connectivity index (χ0v) is 8.19. The van der Waals surface area contributed by atoms with Crippen LogP contribution in [0.15, 0.2) is 30.5 Å². The van der Waals surface area contributed by atoms with Gasteiger partial charge in [-0.3, -0.25) is 10.1 Å². The molecule has 1 aromatic carbocycles. The van der Waals surface area contributed by atoms with Crippen molar-refractivity contribution in [3.05, 3.63) is 46.1 Å². The van der Waals surface area contributed by atoms with Gasteiger partial charge in [0.1, 0.15) is 10.8 Å². The van der Waals surface area contributed by atoms with Gasteiger partial charge in [-0.05, 0) is 29.8 Å². The molecule has 1 aromatic rings. The fourth-order valence-corrected chi connectivity index (χ4v) is 1.12. The maximum atomic E-state index is 10.1. The molecular weight excluding hydrogens is 206 g/mol. The van der Waals surface area contributed by atoms with Crippen LogP contribution in [0.2, 0.25) is 0 Å². The van der Waals surface area contributed by atoms with Crippen molar-refractivity contribution in [2.24, 2.45) is 0 Å². The van der Waals surface area contributed by atoms with Crippen LogP contribution in [0.4, 0.5) is 0 Å². The Hall–Kier alpha value is -1.55. The third kappa shape index (κ3) is 2.74. The Morgan fingerprint density at radius 3 is 2.50 bits per heavy atom. The van der Waals surface area contributed by atoms with Crippen LogP contribution in [-0.4, -0.2) is 12.0 Å². The second-order valence-corrected chi connectivity index (χ2v) is 2.90. The van der Waals surface area contributed by atoms with E-state index in [1.165, 1.54) is 0 Å². The highest BCUT2D eigenvalue weighted by Crippen LogP contribution is 2.21. The molecular formula is C9H8ClNO3. The van der Waals surface area contributed by atoms with Crippen LogP contribution in [-0.2, 0) is 0 Å². The Kier molecular flexibility index (Phi) is 3.48. The van der Waals surface area contributed by atoms with Crippen LogP contribution < -0.4 is 4.74 Å². The summed E-state index contributed by atoms with van der Waals surface area (Å²) in [6.45, 7) is 0. The van der Waals surface area contributed by atoms with Crippen LogP contribution in [0.5, 0.6) is 5.75 Å². The normalized spacial score (nSPS) is 11.1. The summed E-state index contributed by atoms with van der Waals surface area (Å²) in [7, 11) is 1.55. The molecule has 0 heterocycles. The Balaban J connectivity index is 2.92. The number of nitro groups is 1. The van der Waals surface area contributed by atoms with Gasteiger partial charge in [0, 0.05) is 0 Å². The molecule has 0 amide bonds. The molecule has 74 valence electrons. The fourth-order valence-electron chi connectivity index (χ4n) is 0.917. The topological polar surface area (TPSA) is 52.4 Å². The minimum absolute atomic E-state index is 0.0950. The highest BCUT2D eigenvalue weighted by Gasteiger charge is 2.02. The summed E-state index contributed by atoms with van der Waals surface area (Å²) in [6.07, 6.45) is 0.753. The fraction of sp³-hybridized carbons (Fsp3) is 0.111. The predicted molar refractivity (Wildman–Crippen MR) is 53.8 cm³/mol. The SMILES string of the molecule is COc1ccc(/C(Cl)=C\[N+](=O)[O-])cc1. The molecule has 0 bridgehead atoms. The predicted octanol–water partition coefficient (Wildman–Crippen LogP) is 2.51. The minimum atomic E-state index is -0.591. The summed E-state index contributed by atoms with van der Waals surface area (Å²) in [5.74, 6) is 0.680. The lowest BCUT2D eigenvalue weighted by molar-refractivity contribution is -0.401. The quantitative estimate of drug-likeness (QED) is 0.573. The Labute approximate surface area is 85.9 Å². The molecule has 0 fully saturated rings. The second-order valence-electron chi connectivity index (χ2n) is 2.49. The van der Waals surface area contributed by atoms with Crippen LogP contribution in [0.1, 0.15) is 5.56 Å². The van der Waals surface area contributed by atoms with E-state index in [0.29, 0.717) is 11.3 Å². The zero-order chi connectivity index (χ0) is 10.6. The number of halogens is 1. The molecule has 5 heteroatoms. The molecule has 0 spiro atoms. The molecule has 0 N–H and O–H groups in total. The number of hydrogen-bond donors (Lipinski definition) is 0. The molecule has 4 nitrogen and oxygen atoms in total. The standard InChI is InChI=1S/C9H8ClNO3/c1-14-8-4-2-7(3-5-8)9(10)6-11(12)13/h2-6H,1H3/b9-6+. The monoisotopic (exact) mass is 213 g/mol. The van der Waals surface area contributed by atoms with Crippen molar-refractivity contribution in [3.8, 4) is 5.75 Å². The Morgan fingerprint density at radius 1 is 1.50 bits per heavy atom. The molecule has 0 saturated carbocycles. The number of ether oxygens (including phenoxy) is 1. The molecule has 0 radical (unpaired) electrons. The Bertz CT molecular complexity index is 359. The van der Waals surface area contributed by atoms with Crippen molar-refractivity contribution >= 4 is 16.6 Å². The number of nitrogens with zero attached hydrogens (tertiary/aromatic N) is 1. The van der Waals surface area contributed by atoms with E-state index in [9.17, 15) is 10.1 Å². The van der Waals surface area contributed by atoms with E-state index in [1.54, 1.807) is 31.4 Å². The molecule has 0 aliphatic rings. The van der Waals surface area contributed by atoms with Gasteiger partial charge in [-0.2, -0.15) is 0 Å². The summed E-state index contributed by atoms with van der Waals surface area (Å²) < 4.78 is 4.93. The van der Waals surface area contributed by atoms with Gasteiger partial charge in [0.2, 0.25) is 0 Å². The lowest BCUT2D eigenvalue weighted by Gasteiger charge is -2.00. The number of methoxy groups -OCH3 is 1. The average Bonchev–Trinajstić information content (AvgIpc) is 2.17. The molecule has 0 aliphatic carbocycles. The van der Waals surface area contributed by atoms with Crippen LogP contribution in [0.25, 0.3) is 5.03 Å². The third-order valence-electron chi connectivity index (χ3n) is 1.58. The van der Waals surface area contributed by atoms with Gasteiger partial charge in [-0.15, -0.1) is 0 Å². The van der Waals surface area contributed by atoms with E-state index in [-0.39, 0.29) is 5.03 Å². The van der Waals surface area contributed by atoms with Crippen molar-refractivity contribution in [2.75, 3.05) is 7.11 Å². The van der Waals surface area contributed by atoms with Crippen molar-refractivity contribution < 1.29 is 9.66 Å². The lowest BCUT2D eigenvalue weighted by atomic mass is 10.2. The largest absolute Gasteiger partial charge is 0.497 e. The summed E-state index contributed by atoms with van der Waals surface area (Å²) in [4.78, 5) is 9.54. The highest BCUT2D eigenvalue weighted by atomic mass is 35.5. The van der Waals surface area contributed by atoms with Gasteiger partial charge in [0.15, 0.2) is 0 Å². The van der Waals surface area contributed by atoms with E-state index >= 15 is 0 Å². The molecule has 14 heavy (non-hydrogen) atoms. The second kappa shape index (κ2) is 4.62. The van der Waals surface area contributed by atoms with Gasteiger partial charge < -0.3 is 4.74 Å². The maximum absolute atomic E-state index is 10.1. The van der Waals surface area contributed by atoms with Crippen molar-refractivity contribution in [3.63, 3.8) is 0 Å². The third-order valence-corrected chi connectivity index (χ3v) is 1.90. The number of hydrogen-bond acceptors (Lipinski definition) is 3. The average molecular weight is 214 g/mol. The van der Waals surface area contributed by atoms with Crippen LogP contribution in [0, 0.1) is 10.1 Å². The van der Waals surface area contributed by atoms with Gasteiger partial charge >= 0.3 is 0 Å². The summed E-state index contributed by atoms with van der Waals surface area (Å²) in [5, 5.41) is 10.2. The van der Waals surface area contributed by atoms with Crippen molar-refractivity contribution in [2.45, 2.75) is 0 Å². The first kappa shape index (κ1) is 10.5. The molecule has 0 aliphatic heterocycles. The first-order valence-corrected chi connectivity index (χ1v) is 4.16. The lowest BCUT2D eigenvalue weighted by Crippen LogP contribution is -1.87. The Morgan fingerprint density at radius 2 is 2.07 bits per heavy atom. The molecule has 0 aromatic heterocycles. The van der Waals surface area contributed by atoms with Crippen molar-refractivity contribution in [1.29, 1.82) is 0 Å². The zero-order valence-electron chi connectivity index (χ0n) is 7.44. The molecule has 1 rings (SSSR count). The number of rotatable bonds is 3. The maximum Gasteiger partial charge on any atom is 0.253 e. The molecule has 0 atom stereocenters. The van der Waals surface area contributed by atoms with E-state index < -0.39 is 4.92 Å². The first-order chi connectivity index (χ1) is 6.63. The van der Waals surface area contributed by atoms with Gasteiger partial charge in [-0.1, -0.05) is 11.6 Å². The van der Waals surface area contributed by atoms with Gasteiger partial charge in [0.05, 0.1) is 12.0 Å². The van der Waals surface area contributed by atoms with Gasteiger partial charge in [-0.25, -0.2) is 0 Å². The van der Waals surface area contributed by atoms with E-state index in [2.05, 4.69) is 0 Å². The summed E-state index contributed by atoms with van der Waals surface area (Å²) in [6, 6.07) is 6.68. The van der Waals surface area contributed by atoms with E-state index in [4.69, 9.17) is 16.3 Å². The van der Waals surface area contributed by atoms with Crippen LogP contribution in [0.3, 0.4) is 0 Å². The first-order valence-electron chi connectivity index (χ1n) is 3.78. The highest BCUT2D eigenvalue weighted by molar-refractivity contribution is 6.48. The number of benzene rings is 1. The van der Waals surface area contributed by atoms with Gasteiger partial charge in [0.25, 0.3) is 6.20 Å². The minimum Gasteiger partial charge on any atom is -0.497 e. The van der Waals surface area contributed by atoms with Crippen molar-refractivity contribution in [1.82, 2.24) is 0 Å². The smallest absolute Gasteiger partial charge is 0.253 e. The van der Waals surface area contributed by atoms with E-state index in [1.807, 2.05) is 0 Å². The molecule has 0 saturated heterocycles. The van der Waals surface area contributed by atoms with E-state index in [0.717, 1.165) is 6.20 Å². The van der Waals surface area contributed by atoms with Crippen LogP contribution >= 0.6 is 11.6 Å². The summed E-state index contributed by atoms with van der Waals surface area (Å²) >= 11 is 5.68. The summed E-state index contributed by atoms with van der Waals surface area (Å²) in [5.41, 5.74) is 0.587. The molecule has 0 unspecified atom stereocenters.